The second-order valence-electron chi connectivity index (χ2n) is 8.40. The fraction of sp³-hybridized carbons (Fsp3) is 0.538. The molecule has 0 aromatic heterocycles. The highest BCUT2D eigenvalue weighted by Gasteiger charge is 2.22. The molecule has 4 atom stereocenters. The van der Waals surface area contributed by atoms with Gasteiger partial charge in [-0.25, -0.2) is 0 Å². The molecule has 0 fully saturated rings. The van der Waals surface area contributed by atoms with E-state index in [0.29, 0.717) is 35.2 Å². The number of rotatable bonds is 12. The maximum absolute atomic E-state index is 9.82. The van der Waals surface area contributed by atoms with E-state index in [0.717, 1.165) is 38.9 Å². The molecule has 0 amide bonds. The third-order valence-electron chi connectivity index (χ3n) is 6.19. The van der Waals surface area contributed by atoms with Crippen LogP contribution in [-0.2, 0) is 4.74 Å². The van der Waals surface area contributed by atoms with Crippen molar-refractivity contribution >= 4 is 0 Å². The van der Waals surface area contributed by atoms with Crippen molar-refractivity contribution in [2.75, 3.05) is 13.2 Å². The largest absolute Gasteiger partial charge is 0.508 e. The summed E-state index contributed by atoms with van der Waals surface area (Å²) in [6.07, 6.45) is 4.46. The molecule has 0 radical (unpaired) electrons. The molecule has 0 heterocycles. The van der Waals surface area contributed by atoms with Crippen LogP contribution in [-0.4, -0.2) is 23.4 Å². The Balaban J connectivity index is 1.99. The van der Waals surface area contributed by atoms with E-state index < -0.39 is 0 Å². The summed E-state index contributed by atoms with van der Waals surface area (Å²) < 4.78 is 6.28. The van der Waals surface area contributed by atoms with Gasteiger partial charge in [-0.15, -0.1) is 0 Å². The van der Waals surface area contributed by atoms with Crippen LogP contribution in [0.4, 0.5) is 0 Å². The Kier molecular flexibility index (Phi) is 9.53. The first-order valence-electron chi connectivity index (χ1n) is 11.1. The molecule has 0 aliphatic rings. The van der Waals surface area contributed by atoms with E-state index in [1.165, 1.54) is 11.1 Å². The first-order valence-corrected chi connectivity index (χ1v) is 11.1. The quantitative estimate of drug-likeness (QED) is 0.411. The van der Waals surface area contributed by atoms with Gasteiger partial charge >= 0.3 is 0 Å². The number of hydrogen-bond donors (Lipinski definition) is 2. The highest BCUT2D eigenvalue weighted by atomic mass is 16.5. The summed E-state index contributed by atoms with van der Waals surface area (Å²) in [5.74, 6) is 2.20. The summed E-state index contributed by atoms with van der Waals surface area (Å²) in [5.41, 5.74) is 2.34. The topological polar surface area (TPSA) is 49.7 Å². The summed E-state index contributed by atoms with van der Waals surface area (Å²) in [4.78, 5) is 0. The van der Waals surface area contributed by atoms with Gasteiger partial charge in [-0.3, -0.25) is 0 Å². The molecule has 0 saturated heterocycles. The van der Waals surface area contributed by atoms with Gasteiger partial charge in [-0.1, -0.05) is 64.8 Å². The molecule has 2 aromatic rings. The molecule has 160 valence electrons. The fourth-order valence-corrected chi connectivity index (χ4v) is 4.23. The average molecular weight is 399 g/mol. The Bertz CT molecular complexity index is 666. The summed E-state index contributed by atoms with van der Waals surface area (Å²) in [6.45, 7) is 10.4. The Morgan fingerprint density at radius 1 is 0.724 bits per heavy atom. The van der Waals surface area contributed by atoms with E-state index >= 15 is 0 Å². The van der Waals surface area contributed by atoms with Gasteiger partial charge in [0.15, 0.2) is 0 Å². The van der Waals surface area contributed by atoms with Crippen LogP contribution in [0.3, 0.4) is 0 Å². The van der Waals surface area contributed by atoms with Crippen LogP contribution in [0, 0.1) is 11.8 Å². The van der Waals surface area contributed by atoms with Crippen molar-refractivity contribution in [2.24, 2.45) is 11.8 Å². The predicted octanol–water partition coefficient (Wildman–Crippen LogP) is 6.85. The highest BCUT2D eigenvalue weighted by molar-refractivity contribution is 5.30. The number of hydrogen-bond acceptors (Lipinski definition) is 3. The molecular weight excluding hydrogens is 360 g/mol. The minimum absolute atomic E-state index is 0.327. The lowest BCUT2D eigenvalue weighted by molar-refractivity contribution is 0.0537. The normalized spacial score (nSPS) is 15.6. The molecular formula is C26H38O3. The zero-order valence-corrected chi connectivity index (χ0v) is 18.5. The van der Waals surface area contributed by atoms with Crippen LogP contribution in [0.2, 0.25) is 0 Å². The Morgan fingerprint density at radius 3 is 1.48 bits per heavy atom. The molecule has 29 heavy (non-hydrogen) atoms. The van der Waals surface area contributed by atoms with Gasteiger partial charge in [0.1, 0.15) is 11.5 Å². The molecule has 2 N–H and O–H groups in total. The minimum atomic E-state index is 0.327. The smallest absolute Gasteiger partial charge is 0.115 e. The van der Waals surface area contributed by atoms with Crippen molar-refractivity contribution in [1.29, 1.82) is 0 Å². The van der Waals surface area contributed by atoms with Gasteiger partial charge in [-0.05, 0) is 71.9 Å². The van der Waals surface area contributed by atoms with Crippen LogP contribution in [0.1, 0.15) is 76.3 Å². The summed E-state index contributed by atoms with van der Waals surface area (Å²) in [7, 11) is 0. The number of aromatic hydroxyl groups is 2. The fourth-order valence-electron chi connectivity index (χ4n) is 4.23. The van der Waals surface area contributed by atoms with Crippen LogP contribution >= 0.6 is 0 Å². The van der Waals surface area contributed by atoms with Crippen molar-refractivity contribution in [3.05, 3.63) is 59.7 Å². The van der Waals surface area contributed by atoms with Crippen LogP contribution < -0.4 is 0 Å². The molecule has 0 aliphatic carbocycles. The molecule has 2 rings (SSSR count). The molecule has 2 aromatic carbocycles. The van der Waals surface area contributed by atoms with E-state index in [-0.39, 0.29) is 0 Å². The van der Waals surface area contributed by atoms with Gasteiger partial charge in [-0.2, -0.15) is 0 Å². The third kappa shape index (κ3) is 7.08. The minimum Gasteiger partial charge on any atom is -0.508 e. The zero-order chi connectivity index (χ0) is 21.2. The lowest BCUT2D eigenvalue weighted by Gasteiger charge is -2.28. The maximum atomic E-state index is 9.82. The lowest BCUT2D eigenvalue weighted by Crippen LogP contribution is -2.22. The van der Waals surface area contributed by atoms with Gasteiger partial charge in [0.25, 0.3) is 0 Å². The number of benzene rings is 2. The first kappa shape index (κ1) is 23.3. The Hall–Kier alpha value is -2.00. The summed E-state index contributed by atoms with van der Waals surface area (Å²) in [6, 6.07) is 15.2. The van der Waals surface area contributed by atoms with Crippen molar-refractivity contribution in [3.8, 4) is 11.5 Å². The van der Waals surface area contributed by atoms with Gasteiger partial charge in [0, 0.05) is 13.2 Å². The van der Waals surface area contributed by atoms with Gasteiger partial charge in [0.05, 0.1) is 0 Å². The second kappa shape index (κ2) is 11.9. The first-order chi connectivity index (χ1) is 14.0. The van der Waals surface area contributed by atoms with Crippen molar-refractivity contribution in [2.45, 2.75) is 65.2 Å². The van der Waals surface area contributed by atoms with Crippen molar-refractivity contribution < 1.29 is 14.9 Å². The number of ether oxygens (including phenoxy) is 1. The maximum Gasteiger partial charge on any atom is 0.115 e. The van der Waals surface area contributed by atoms with E-state index in [2.05, 4.69) is 39.8 Å². The van der Waals surface area contributed by atoms with E-state index in [9.17, 15) is 10.2 Å². The van der Waals surface area contributed by atoms with Crippen molar-refractivity contribution in [3.63, 3.8) is 0 Å². The van der Waals surface area contributed by atoms with E-state index in [4.69, 9.17) is 4.74 Å². The molecule has 0 bridgehead atoms. The number of phenolic OH excluding ortho intramolecular Hbond substituents is 2. The highest BCUT2D eigenvalue weighted by Crippen LogP contribution is 2.32. The van der Waals surface area contributed by atoms with Crippen LogP contribution in [0.25, 0.3) is 0 Å². The lowest BCUT2D eigenvalue weighted by atomic mass is 9.84. The monoisotopic (exact) mass is 398 g/mol. The Morgan fingerprint density at radius 2 is 1.14 bits per heavy atom. The zero-order valence-electron chi connectivity index (χ0n) is 18.5. The SMILES string of the molecule is CCCC(COCC(CCC)C(C)c1cccc(O)c1)C(C)c1cccc(O)c1. The molecule has 3 heteroatoms. The van der Waals surface area contributed by atoms with Crippen LogP contribution in [0.15, 0.2) is 48.5 Å². The predicted molar refractivity (Wildman–Crippen MR) is 121 cm³/mol. The molecule has 0 spiro atoms. The van der Waals surface area contributed by atoms with Gasteiger partial charge < -0.3 is 14.9 Å². The van der Waals surface area contributed by atoms with E-state index in [1.54, 1.807) is 12.1 Å². The summed E-state index contributed by atoms with van der Waals surface area (Å²) >= 11 is 0. The average Bonchev–Trinajstić information content (AvgIpc) is 2.71. The molecule has 3 nitrogen and oxygen atoms in total. The third-order valence-corrected chi connectivity index (χ3v) is 6.19. The summed E-state index contributed by atoms with van der Waals surface area (Å²) in [5, 5.41) is 19.6. The molecule has 0 saturated carbocycles. The molecule has 4 unspecified atom stereocenters. The standard InChI is InChI=1S/C26H38O3/c1-5-9-23(19(3)21-11-7-13-25(27)15-21)17-29-18-24(10-6-2)20(4)22-12-8-14-26(28)16-22/h7-8,11-16,19-20,23-24,27-28H,5-6,9-10,17-18H2,1-4H3. The van der Waals surface area contributed by atoms with Crippen molar-refractivity contribution in [1.82, 2.24) is 0 Å². The number of phenols is 2. The second-order valence-corrected chi connectivity index (χ2v) is 8.40. The van der Waals surface area contributed by atoms with E-state index in [1.807, 2.05) is 24.3 Å². The Labute approximate surface area is 176 Å². The van der Waals surface area contributed by atoms with Gasteiger partial charge in [0.2, 0.25) is 0 Å². The van der Waals surface area contributed by atoms with Crippen LogP contribution in [0.5, 0.6) is 11.5 Å². The molecule has 0 aliphatic heterocycles.